The Morgan fingerprint density at radius 2 is 1.90 bits per heavy atom. The van der Waals surface area contributed by atoms with Crippen molar-refractivity contribution in [3.05, 3.63) is 47.3 Å². The summed E-state index contributed by atoms with van der Waals surface area (Å²) in [4.78, 5) is 27.3. The van der Waals surface area contributed by atoms with Gasteiger partial charge in [-0.25, -0.2) is 0 Å². The summed E-state index contributed by atoms with van der Waals surface area (Å²) >= 11 is 0. The van der Waals surface area contributed by atoms with Crippen LogP contribution in [-0.2, 0) is 4.79 Å². The zero-order valence-electron chi connectivity index (χ0n) is 16.4. The summed E-state index contributed by atoms with van der Waals surface area (Å²) in [5, 5.41) is 19.2. The Kier molecular flexibility index (Phi) is 5.61. The van der Waals surface area contributed by atoms with Gasteiger partial charge in [-0.1, -0.05) is 12.8 Å². The number of aromatic nitrogens is 2. The normalized spacial score (nSPS) is 19.7. The molecule has 2 aliphatic rings. The van der Waals surface area contributed by atoms with Gasteiger partial charge >= 0.3 is 0 Å². The van der Waals surface area contributed by atoms with Crippen LogP contribution in [0.15, 0.2) is 30.5 Å². The van der Waals surface area contributed by atoms with Gasteiger partial charge in [-0.2, -0.15) is 10.4 Å². The van der Waals surface area contributed by atoms with E-state index in [2.05, 4.69) is 21.6 Å². The van der Waals surface area contributed by atoms with E-state index in [0.29, 0.717) is 24.2 Å². The minimum Gasteiger partial charge on any atom is -0.338 e. The lowest BCUT2D eigenvalue weighted by Crippen LogP contribution is -2.39. The second-order valence-corrected chi connectivity index (χ2v) is 7.95. The number of carbonyl (C=O) groups excluding carboxylic acids is 2. The number of nitrogens with one attached hydrogen (secondary N) is 2. The van der Waals surface area contributed by atoms with Crippen molar-refractivity contribution in [1.29, 1.82) is 5.26 Å². The molecule has 1 saturated heterocycles. The Labute approximate surface area is 170 Å². The molecule has 2 amide bonds. The molecule has 1 atom stereocenters. The van der Waals surface area contributed by atoms with Gasteiger partial charge in [0, 0.05) is 30.5 Å². The highest BCUT2D eigenvalue weighted by Crippen LogP contribution is 2.32. The molecular formula is C22H25N5O2. The number of carbonyl (C=O) groups is 2. The predicted molar refractivity (Wildman–Crippen MR) is 108 cm³/mol. The standard InChI is InChI=1S/C22H25N5O2/c23-12-15-7-9-17(10-8-15)22(29)27-11-3-6-18(14-27)20-19(13-24-26-20)25-21(28)16-4-1-2-5-16/h7-10,13,16,18H,1-6,11,14H2,(H,24,26)(H,25,28). The summed E-state index contributed by atoms with van der Waals surface area (Å²) in [5.41, 5.74) is 2.76. The number of nitrogens with zero attached hydrogens (tertiary/aromatic N) is 3. The fraction of sp³-hybridized carbons (Fsp3) is 0.455. The fourth-order valence-corrected chi connectivity index (χ4v) is 4.40. The second kappa shape index (κ2) is 8.48. The third kappa shape index (κ3) is 4.16. The van der Waals surface area contributed by atoms with Crippen LogP contribution in [0.2, 0.25) is 0 Å². The molecule has 7 nitrogen and oxygen atoms in total. The minimum absolute atomic E-state index is 0.0322. The molecule has 1 unspecified atom stereocenters. The summed E-state index contributed by atoms with van der Waals surface area (Å²) < 4.78 is 0. The quantitative estimate of drug-likeness (QED) is 0.833. The van der Waals surface area contributed by atoms with E-state index in [1.165, 1.54) is 0 Å². The lowest BCUT2D eigenvalue weighted by Gasteiger charge is -2.32. The molecule has 150 valence electrons. The smallest absolute Gasteiger partial charge is 0.253 e. The van der Waals surface area contributed by atoms with E-state index in [9.17, 15) is 9.59 Å². The molecule has 1 aliphatic heterocycles. The van der Waals surface area contributed by atoms with Crippen molar-refractivity contribution in [2.45, 2.75) is 44.4 Å². The lowest BCUT2D eigenvalue weighted by molar-refractivity contribution is -0.119. The molecule has 1 aromatic heterocycles. The summed E-state index contributed by atoms with van der Waals surface area (Å²) in [6.07, 6.45) is 7.64. The number of aromatic amines is 1. The van der Waals surface area contributed by atoms with E-state index in [-0.39, 0.29) is 23.7 Å². The van der Waals surface area contributed by atoms with Gasteiger partial charge in [0.05, 0.1) is 29.2 Å². The molecule has 2 fully saturated rings. The van der Waals surface area contributed by atoms with Crippen molar-refractivity contribution in [3.8, 4) is 6.07 Å². The van der Waals surface area contributed by atoms with E-state index in [1.807, 2.05) is 4.90 Å². The van der Waals surface area contributed by atoms with Crippen LogP contribution in [0.5, 0.6) is 0 Å². The first-order valence-corrected chi connectivity index (χ1v) is 10.3. The highest BCUT2D eigenvalue weighted by molar-refractivity contribution is 5.95. The van der Waals surface area contributed by atoms with Crippen LogP contribution in [0.3, 0.4) is 0 Å². The molecule has 2 heterocycles. The molecule has 4 rings (SSSR count). The van der Waals surface area contributed by atoms with Crippen LogP contribution in [-0.4, -0.2) is 40.0 Å². The number of benzene rings is 1. The van der Waals surface area contributed by atoms with Crippen molar-refractivity contribution in [3.63, 3.8) is 0 Å². The van der Waals surface area contributed by atoms with Gasteiger partial charge in [-0.3, -0.25) is 14.7 Å². The fourth-order valence-electron chi connectivity index (χ4n) is 4.40. The zero-order valence-corrected chi connectivity index (χ0v) is 16.4. The van der Waals surface area contributed by atoms with Crippen LogP contribution in [0, 0.1) is 17.2 Å². The average molecular weight is 391 g/mol. The van der Waals surface area contributed by atoms with Gasteiger partial charge in [0.1, 0.15) is 0 Å². The van der Waals surface area contributed by atoms with Gasteiger partial charge in [0.25, 0.3) is 5.91 Å². The molecule has 0 radical (unpaired) electrons. The molecule has 1 aliphatic carbocycles. The van der Waals surface area contributed by atoms with Crippen molar-refractivity contribution < 1.29 is 9.59 Å². The van der Waals surface area contributed by atoms with E-state index >= 15 is 0 Å². The number of rotatable bonds is 4. The monoisotopic (exact) mass is 391 g/mol. The number of hydrogen-bond acceptors (Lipinski definition) is 4. The van der Waals surface area contributed by atoms with E-state index in [0.717, 1.165) is 49.9 Å². The van der Waals surface area contributed by atoms with Crippen molar-refractivity contribution in [2.75, 3.05) is 18.4 Å². The highest BCUT2D eigenvalue weighted by Gasteiger charge is 2.29. The first-order valence-electron chi connectivity index (χ1n) is 10.3. The molecule has 1 aromatic carbocycles. The Hall–Kier alpha value is -3.14. The highest BCUT2D eigenvalue weighted by atomic mass is 16.2. The first kappa shape index (κ1) is 19.2. The van der Waals surface area contributed by atoms with Gasteiger partial charge in [-0.05, 0) is 49.9 Å². The van der Waals surface area contributed by atoms with E-state index in [4.69, 9.17) is 5.26 Å². The third-order valence-corrected chi connectivity index (χ3v) is 6.03. The minimum atomic E-state index is -0.0322. The molecule has 2 N–H and O–H groups in total. The SMILES string of the molecule is N#Cc1ccc(C(=O)N2CCCC(c3[nH]ncc3NC(=O)C3CCCC3)C2)cc1. The third-order valence-electron chi connectivity index (χ3n) is 6.03. The van der Waals surface area contributed by atoms with Gasteiger partial charge in [0.2, 0.25) is 5.91 Å². The summed E-state index contributed by atoms with van der Waals surface area (Å²) in [7, 11) is 0. The Morgan fingerprint density at radius 1 is 1.14 bits per heavy atom. The predicted octanol–water partition coefficient (Wildman–Crippen LogP) is 3.43. The zero-order chi connectivity index (χ0) is 20.2. The summed E-state index contributed by atoms with van der Waals surface area (Å²) in [6.45, 7) is 1.28. The number of hydrogen-bond donors (Lipinski definition) is 2. The average Bonchev–Trinajstić information content (AvgIpc) is 3.46. The molecule has 1 saturated carbocycles. The number of likely N-dealkylation sites (tertiary alicyclic amines) is 1. The maximum atomic E-state index is 12.9. The van der Waals surface area contributed by atoms with Crippen LogP contribution >= 0.6 is 0 Å². The maximum absolute atomic E-state index is 12.9. The summed E-state index contributed by atoms with van der Waals surface area (Å²) in [5.74, 6) is 0.243. The number of nitriles is 1. The molecule has 29 heavy (non-hydrogen) atoms. The van der Waals surface area contributed by atoms with E-state index in [1.54, 1.807) is 30.5 Å². The summed E-state index contributed by atoms with van der Waals surface area (Å²) in [6, 6.07) is 8.81. The van der Waals surface area contributed by atoms with Gasteiger partial charge in [0.15, 0.2) is 0 Å². The van der Waals surface area contributed by atoms with Crippen molar-refractivity contribution in [1.82, 2.24) is 15.1 Å². The number of anilines is 1. The van der Waals surface area contributed by atoms with Crippen LogP contribution in [0.1, 0.15) is 66.1 Å². The Balaban J connectivity index is 1.44. The van der Waals surface area contributed by atoms with Crippen LogP contribution in [0.4, 0.5) is 5.69 Å². The topological polar surface area (TPSA) is 102 Å². The van der Waals surface area contributed by atoms with Gasteiger partial charge < -0.3 is 10.2 Å². The second-order valence-electron chi connectivity index (χ2n) is 7.95. The first-order chi connectivity index (χ1) is 14.2. The molecular weight excluding hydrogens is 366 g/mol. The van der Waals surface area contributed by atoms with E-state index < -0.39 is 0 Å². The van der Waals surface area contributed by atoms with Crippen LogP contribution in [0.25, 0.3) is 0 Å². The van der Waals surface area contributed by atoms with Gasteiger partial charge in [-0.15, -0.1) is 0 Å². The van der Waals surface area contributed by atoms with Crippen molar-refractivity contribution >= 4 is 17.5 Å². The molecule has 7 heteroatoms. The maximum Gasteiger partial charge on any atom is 0.253 e. The molecule has 2 aromatic rings. The molecule has 0 spiro atoms. The number of amides is 2. The lowest BCUT2D eigenvalue weighted by atomic mass is 9.93. The largest absolute Gasteiger partial charge is 0.338 e. The number of H-pyrrole nitrogens is 1. The Bertz CT molecular complexity index is 921. The van der Waals surface area contributed by atoms with Crippen molar-refractivity contribution in [2.24, 2.45) is 5.92 Å². The molecule has 0 bridgehead atoms. The van der Waals surface area contributed by atoms with Crippen LogP contribution < -0.4 is 5.32 Å². The Morgan fingerprint density at radius 3 is 2.62 bits per heavy atom. The number of piperidine rings is 1.